The molecule has 102 valence electrons. The second kappa shape index (κ2) is 6.90. The summed E-state index contributed by atoms with van der Waals surface area (Å²) in [6.45, 7) is 6.21. The van der Waals surface area contributed by atoms with Crippen molar-refractivity contribution < 1.29 is 8.42 Å². The van der Waals surface area contributed by atoms with Crippen LogP contribution in [0, 0.1) is 5.92 Å². The van der Waals surface area contributed by atoms with E-state index in [0.717, 1.165) is 18.4 Å². The molecule has 0 amide bonds. The molecule has 0 saturated heterocycles. The van der Waals surface area contributed by atoms with Gasteiger partial charge in [-0.2, -0.15) is 0 Å². The normalized spacial score (nSPS) is 13.8. The van der Waals surface area contributed by atoms with Crippen molar-refractivity contribution in [1.82, 2.24) is 4.72 Å². The quantitative estimate of drug-likeness (QED) is 0.827. The fraction of sp³-hybridized carbons (Fsp3) is 0.571. The smallest absolute Gasteiger partial charge is 0.212 e. The first-order valence-electron chi connectivity index (χ1n) is 6.43. The van der Waals surface area contributed by atoms with Gasteiger partial charge in [0.1, 0.15) is 0 Å². The lowest BCUT2D eigenvalue weighted by Gasteiger charge is -2.15. The van der Waals surface area contributed by atoms with Crippen LogP contribution >= 0.6 is 0 Å². The molecule has 0 unspecified atom stereocenters. The van der Waals surface area contributed by atoms with Gasteiger partial charge in [-0.3, -0.25) is 0 Å². The summed E-state index contributed by atoms with van der Waals surface area (Å²) in [5.41, 5.74) is 0.820. The lowest BCUT2D eigenvalue weighted by molar-refractivity contribution is 0.485. The molecular weight excluding hydrogens is 246 g/mol. The molecule has 1 atom stereocenters. The van der Waals surface area contributed by atoms with Gasteiger partial charge in [-0.25, -0.2) is 13.1 Å². The molecule has 3 nitrogen and oxygen atoms in total. The zero-order valence-electron chi connectivity index (χ0n) is 11.4. The van der Waals surface area contributed by atoms with Gasteiger partial charge in [0.05, 0.1) is 5.75 Å². The molecule has 0 aromatic heterocycles. The molecule has 1 rings (SSSR count). The standard InChI is InChI=1S/C14H23NO2S/c1-12(2)9-10-13(3)15-18(16,17)11-14-7-5-4-6-8-14/h4-8,12-13,15H,9-11H2,1-3H3/t13-/m0/s1. The van der Waals surface area contributed by atoms with Gasteiger partial charge in [0.2, 0.25) is 10.0 Å². The molecule has 1 aromatic rings. The van der Waals surface area contributed by atoms with Gasteiger partial charge in [0, 0.05) is 6.04 Å². The van der Waals surface area contributed by atoms with Crippen LogP contribution in [-0.2, 0) is 15.8 Å². The highest BCUT2D eigenvalue weighted by Crippen LogP contribution is 2.09. The molecule has 1 N–H and O–H groups in total. The topological polar surface area (TPSA) is 46.2 Å². The van der Waals surface area contributed by atoms with Crippen LogP contribution in [0.2, 0.25) is 0 Å². The highest BCUT2D eigenvalue weighted by Gasteiger charge is 2.15. The molecule has 18 heavy (non-hydrogen) atoms. The third kappa shape index (κ3) is 6.17. The van der Waals surface area contributed by atoms with Crippen LogP contribution in [-0.4, -0.2) is 14.5 Å². The second-order valence-electron chi connectivity index (χ2n) is 5.23. The average molecular weight is 269 g/mol. The Labute approximate surface area is 111 Å². The van der Waals surface area contributed by atoms with E-state index in [0.29, 0.717) is 5.92 Å². The Hall–Kier alpha value is -0.870. The molecule has 0 saturated carbocycles. The zero-order valence-corrected chi connectivity index (χ0v) is 12.2. The van der Waals surface area contributed by atoms with Gasteiger partial charge in [-0.05, 0) is 31.2 Å². The fourth-order valence-corrected chi connectivity index (χ4v) is 3.23. The van der Waals surface area contributed by atoms with Crippen LogP contribution in [0.15, 0.2) is 30.3 Å². The van der Waals surface area contributed by atoms with E-state index >= 15 is 0 Å². The van der Waals surface area contributed by atoms with E-state index in [-0.39, 0.29) is 11.8 Å². The van der Waals surface area contributed by atoms with Gasteiger partial charge in [-0.1, -0.05) is 44.2 Å². The van der Waals surface area contributed by atoms with Gasteiger partial charge in [0.25, 0.3) is 0 Å². The summed E-state index contributed by atoms with van der Waals surface area (Å²) in [7, 11) is -3.23. The Morgan fingerprint density at radius 2 is 1.67 bits per heavy atom. The van der Waals surface area contributed by atoms with Gasteiger partial charge >= 0.3 is 0 Å². The minimum atomic E-state index is -3.23. The van der Waals surface area contributed by atoms with E-state index in [4.69, 9.17) is 0 Å². The molecule has 0 fully saturated rings. The predicted octanol–water partition coefficient (Wildman–Crippen LogP) is 2.93. The number of rotatable bonds is 7. The van der Waals surface area contributed by atoms with Crippen molar-refractivity contribution in [3.8, 4) is 0 Å². The van der Waals surface area contributed by atoms with E-state index in [1.165, 1.54) is 0 Å². The average Bonchev–Trinajstić information content (AvgIpc) is 2.26. The molecule has 1 aromatic carbocycles. The van der Waals surface area contributed by atoms with Crippen LogP contribution in [0.1, 0.15) is 39.2 Å². The van der Waals surface area contributed by atoms with E-state index in [1.807, 2.05) is 37.3 Å². The van der Waals surface area contributed by atoms with Crippen LogP contribution in [0.4, 0.5) is 0 Å². The summed E-state index contributed by atoms with van der Waals surface area (Å²) in [6, 6.07) is 9.26. The summed E-state index contributed by atoms with van der Waals surface area (Å²) < 4.78 is 26.6. The summed E-state index contributed by atoms with van der Waals surface area (Å²) in [4.78, 5) is 0. The third-order valence-corrected chi connectivity index (χ3v) is 4.23. The third-order valence-electron chi connectivity index (χ3n) is 2.76. The molecule has 0 heterocycles. The van der Waals surface area contributed by atoms with Crippen molar-refractivity contribution in [1.29, 1.82) is 0 Å². The molecule has 0 aliphatic carbocycles. The Morgan fingerprint density at radius 1 is 1.06 bits per heavy atom. The predicted molar refractivity (Wildman–Crippen MR) is 75.7 cm³/mol. The number of hydrogen-bond acceptors (Lipinski definition) is 2. The number of nitrogens with one attached hydrogen (secondary N) is 1. The van der Waals surface area contributed by atoms with Crippen LogP contribution in [0.3, 0.4) is 0 Å². The Morgan fingerprint density at radius 3 is 2.22 bits per heavy atom. The van der Waals surface area contributed by atoms with E-state index in [1.54, 1.807) is 0 Å². The molecule has 0 aliphatic heterocycles. The second-order valence-corrected chi connectivity index (χ2v) is 6.99. The fourth-order valence-electron chi connectivity index (χ4n) is 1.78. The molecule has 0 bridgehead atoms. The number of hydrogen-bond donors (Lipinski definition) is 1. The summed E-state index contributed by atoms with van der Waals surface area (Å²) in [6.07, 6.45) is 1.92. The van der Waals surface area contributed by atoms with Crippen molar-refractivity contribution >= 4 is 10.0 Å². The van der Waals surface area contributed by atoms with Gasteiger partial charge in [-0.15, -0.1) is 0 Å². The van der Waals surface area contributed by atoms with Crippen LogP contribution in [0.5, 0.6) is 0 Å². The Balaban J connectivity index is 2.49. The first kappa shape index (κ1) is 15.2. The maximum absolute atomic E-state index is 11.9. The number of sulfonamides is 1. The summed E-state index contributed by atoms with van der Waals surface area (Å²) in [5.74, 6) is 0.658. The van der Waals surface area contributed by atoms with Crippen molar-refractivity contribution in [2.24, 2.45) is 5.92 Å². The van der Waals surface area contributed by atoms with E-state index < -0.39 is 10.0 Å². The van der Waals surface area contributed by atoms with Crippen molar-refractivity contribution in [2.75, 3.05) is 0 Å². The molecule has 0 spiro atoms. The highest BCUT2D eigenvalue weighted by molar-refractivity contribution is 7.88. The van der Waals surface area contributed by atoms with Crippen molar-refractivity contribution in [3.05, 3.63) is 35.9 Å². The Bertz CT molecular complexity index is 440. The molecule has 0 radical (unpaired) electrons. The first-order chi connectivity index (χ1) is 8.39. The van der Waals surface area contributed by atoms with E-state index in [9.17, 15) is 8.42 Å². The molecule has 4 heteroatoms. The lowest BCUT2D eigenvalue weighted by atomic mass is 10.1. The van der Waals surface area contributed by atoms with Gasteiger partial charge in [0.15, 0.2) is 0 Å². The lowest BCUT2D eigenvalue weighted by Crippen LogP contribution is -2.33. The van der Waals surface area contributed by atoms with Crippen molar-refractivity contribution in [3.63, 3.8) is 0 Å². The molecular formula is C14H23NO2S. The SMILES string of the molecule is CC(C)CC[C@H](C)NS(=O)(=O)Cc1ccccc1. The summed E-state index contributed by atoms with van der Waals surface area (Å²) in [5, 5.41) is 0. The number of benzene rings is 1. The monoisotopic (exact) mass is 269 g/mol. The van der Waals surface area contributed by atoms with Crippen molar-refractivity contribution in [2.45, 2.75) is 45.4 Å². The van der Waals surface area contributed by atoms with E-state index in [2.05, 4.69) is 18.6 Å². The maximum atomic E-state index is 11.9. The largest absolute Gasteiger partial charge is 0.216 e. The highest BCUT2D eigenvalue weighted by atomic mass is 32.2. The molecule has 0 aliphatic rings. The maximum Gasteiger partial charge on any atom is 0.216 e. The Kier molecular flexibility index (Phi) is 5.82. The van der Waals surface area contributed by atoms with Crippen LogP contribution < -0.4 is 4.72 Å². The summed E-state index contributed by atoms with van der Waals surface area (Å²) >= 11 is 0. The minimum absolute atomic E-state index is 0.00103. The van der Waals surface area contributed by atoms with Crippen LogP contribution in [0.25, 0.3) is 0 Å². The first-order valence-corrected chi connectivity index (χ1v) is 8.08. The minimum Gasteiger partial charge on any atom is -0.212 e. The zero-order chi connectivity index (χ0) is 13.6. The van der Waals surface area contributed by atoms with Gasteiger partial charge < -0.3 is 0 Å².